The Kier molecular flexibility index (Phi) is 12.3. The summed E-state index contributed by atoms with van der Waals surface area (Å²) in [7, 11) is 0. The Morgan fingerprint density at radius 1 is 0.750 bits per heavy atom. The fourth-order valence-corrected chi connectivity index (χ4v) is 7.88. The molecule has 0 aromatic heterocycles. The normalized spacial score (nSPS) is 25.6. The quantitative estimate of drug-likeness (QED) is 0.0817. The Labute approximate surface area is 261 Å². The van der Waals surface area contributed by atoms with Crippen LogP contribution in [0.2, 0.25) is 0 Å². The van der Waals surface area contributed by atoms with Crippen LogP contribution in [0.4, 0.5) is 0 Å². The van der Waals surface area contributed by atoms with E-state index in [1.165, 1.54) is 40.5 Å². The third-order valence-electron chi connectivity index (χ3n) is 10.2. The zero-order chi connectivity index (χ0) is 31.6. The predicted octanol–water partition coefficient (Wildman–Crippen LogP) is 5.09. The molecule has 0 aromatic rings. The van der Waals surface area contributed by atoms with Crippen molar-refractivity contribution in [1.82, 2.24) is 9.80 Å². The molecular weight excluding hydrogens is 560 g/mol. The molecule has 2 fully saturated rings. The van der Waals surface area contributed by atoms with Crippen LogP contribution >= 0.6 is 0 Å². The molecule has 44 heavy (non-hydrogen) atoms. The van der Waals surface area contributed by atoms with Gasteiger partial charge in [0.15, 0.2) is 5.78 Å². The first-order chi connectivity index (χ1) is 21.2. The van der Waals surface area contributed by atoms with E-state index in [0.29, 0.717) is 87.0 Å². The molecule has 2 heterocycles. The van der Waals surface area contributed by atoms with Crippen LogP contribution in [0.15, 0.2) is 36.5 Å². The van der Waals surface area contributed by atoms with Crippen LogP contribution in [0.3, 0.4) is 0 Å². The van der Waals surface area contributed by atoms with Crippen LogP contribution in [0.25, 0.3) is 0 Å². The Hall–Kier alpha value is -3.36. The second-order valence-corrected chi connectivity index (χ2v) is 12.9. The largest absolute Gasteiger partial charge is 0.465 e. The number of unbranched alkanes of at least 4 members (excludes halogenated alkanes) is 4. The number of hydrogen-bond acceptors (Lipinski definition) is 7. The lowest BCUT2D eigenvalue weighted by Gasteiger charge is -2.35. The summed E-state index contributed by atoms with van der Waals surface area (Å²) in [6.45, 7) is 7.61. The number of amides is 4. The summed E-state index contributed by atoms with van der Waals surface area (Å²) >= 11 is 0. The third-order valence-corrected chi connectivity index (χ3v) is 10.2. The highest BCUT2D eigenvalue weighted by Gasteiger charge is 2.51. The van der Waals surface area contributed by atoms with Crippen LogP contribution in [0, 0.1) is 29.6 Å². The molecule has 2 aliphatic heterocycles. The highest BCUT2D eigenvalue weighted by Crippen LogP contribution is 2.57. The molecule has 2 bridgehead atoms. The van der Waals surface area contributed by atoms with Gasteiger partial charge in [0.25, 0.3) is 23.6 Å². The molecule has 0 N–H and O–H groups in total. The van der Waals surface area contributed by atoms with Crippen LogP contribution in [0.1, 0.15) is 96.8 Å². The van der Waals surface area contributed by atoms with Gasteiger partial charge >= 0.3 is 5.97 Å². The minimum Gasteiger partial charge on any atom is -0.465 e. The van der Waals surface area contributed by atoms with Crippen molar-refractivity contribution in [2.75, 3.05) is 19.7 Å². The molecule has 2 saturated carbocycles. The summed E-state index contributed by atoms with van der Waals surface area (Å²) in [5, 5.41) is 0. The van der Waals surface area contributed by atoms with Gasteiger partial charge in [-0.05, 0) is 93.0 Å². The number of carbonyl (C=O) groups is 6. The van der Waals surface area contributed by atoms with Crippen molar-refractivity contribution in [2.24, 2.45) is 29.6 Å². The predicted molar refractivity (Wildman–Crippen MR) is 165 cm³/mol. The number of Topliss-reactive ketones (excluding diaryl/α,β-unsaturated/α-hetero) is 1. The Morgan fingerprint density at radius 3 is 1.89 bits per heavy atom. The van der Waals surface area contributed by atoms with E-state index in [-0.39, 0.29) is 35.4 Å². The first-order valence-corrected chi connectivity index (χ1v) is 16.6. The van der Waals surface area contributed by atoms with E-state index < -0.39 is 0 Å². The van der Waals surface area contributed by atoms with Crippen molar-refractivity contribution < 1.29 is 33.5 Å². The molecule has 4 rings (SSSR count). The summed E-state index contributed by atoms with van der Waals surface area (Å²) in [5.74, 6) is 1.90. The molecule has 9 nitrogen and oxygen atoms in total. The maximum Gasteiger partial charge on any atom is 0.305 e. The van der Waals surface area contributed by atoms with Crippen molar-refractivity contribution in [3.05, 3.63) is 36.5 Å². The average Bonchev–Trinajstić information content (AvgIpc) is 3.75. The zero-order valence-electron chi connectivity index (χ0n) is 26.2. The van der Waals surface area contributed by atoms with Crippen molar-refractivity contribution in [1.29, 1.82) is 0 Å². The maximum atomic E-state index is 12.6. The molecule has 2 aliphatic carbocycles. The van der Waals surface area contributed by atoms with Gasteiger partial charge < -0.3 is 4.74 Å². The number of esters is 1. The van der Waals surface area contributed by atoms with Crippen LogP contribution < -0.4 is 0 Å². The summed E-state index contributed by atoms with van der Waals surface area (Å²) in [6.07, 6.45) is 16.6. The SMILES string of the molecule is C=C(CCCC1C2CC(COC(=O)CCCCCN3C(=O)C=CC3=O)C(C2)C1CC)C(=O)CCCCCN1C(=O)C=CC1=O. The number of fused-ring (bicyclic) bond motifs is 2. The molecule has 5 atom stereocenters. The number of allylic oxidation sites excluding steroid dienone is 1. The molecule has 0 aromatic carbocycles. The highest BCUT2D eigenvalue weighted by atomic mass is 16.5. The standard InChI is InChI=1S/C35H48N2O7/c1-3-27-28(12-10-11-24(2)30(38)13-6-4-8-19-36-31(39)15-16-32(36)40)25-21-26(29(27)22-25)23-44-35(43)14-7-5-9-20-37-33(41)17-18-34(37)42/h15-18,25-29H,2-14,19-23H2,1H3. The van der Waals surface area contributed by atoms with E-state index in [0.717, 1.165) is 51.4 Å². The van der Waals surface area contributed by atoms with Crippen LogP contribution in [0.5, 0.6) is 0 Å². The van der Waals surface area contributed by atoms with E-state index in [1.807, 2.05) is 0 Å². The lowest BCUT2D eigenvalue weighted by Crippen LogP contribution is -2.31. The molecule has 0 radical (unpaired) electrons. The van der Waals surface area contributed by atoms with Gasteiger partial charge in [0.05, 0.1) is 6.61 Å². The molecule has 240 valence electrons. The summed E-state index contributed by atoms with van der Waals surface area (Å²) < 4.78 is 5.69. The number of nitrogens with zero attached hydrogens (tertiary/aromatic N) is 2. The zero-order valence-corrected chi connectivity index (χ0v) is 26.2. The Bertz CT molecular complexity index is 1150. The summed E-state index contributed by atoms with van der Waals surface area (Å²) in [4.78, 5) is 73.8. The molecular formula is C35H48N2O7. The maximum absolute atomic E-state index is 12.6. The first-order valence-electron chi connectivity index (χ1n) is 16.6. The monoisotopic (exact) mass is 608 g/mol. The summed E-state index contributed by atoms with van der Waals surface area (Å²) in [5.41, 5.74) is 0.704. The molecule has 9 heteroatoms. The number of hydrogen-bond donors (Lipinski definition) is 0. The minimum atomic E-state index is -0.264. The van der Waals surface area contributed by atoms with Crippen LogP contribution in [-0.2, 0) is 33.5 Å². The lowest BCUT2D eigenvalue weighted by atomic mass is 9.71. The average molecular weight is 609 g/mol. The summed E-state index contributed by atoms with van der Waals surface area (Å²) in [6, 6.07) is 0. The van der Waals surface area contributed by atoms with E-state index >= 15 is 0 Å². The van der Waals surface area contributed by atoms with Crippen molar-refractivity contribution in [3.8, 4) is 0 Å². The van der Waals surface area contributed by atoms with Crippen molar-refractivity contribution in [3.63, 3.8) is 0 Å². The van der Waals surface area contributed by atoms with Gasteiger partial charge in [0, 0.05) is 50.2 Å². The first kappa shape index (κ1) is 33.5. The van der Waals surface area contributed by atoms with Gasteiger partial charge in [-0.2, -0.15) is 0 Å². The fourth-order valence-electron chi connectivity index (χ4n) is 7.88. The Morgan fingerprint density at radius 2 is 1.32 bits per heavy atom. The van der Waals surface area contributed by atoms with Crippen molar-refractivity contribution >= 4 is 35.4 Å². The number of ether oxygens (including phenoxy) is 1. The Balaban J connectivity index is 1.05. The second-order valence-electron chi connectivity index (χ2n) is 12.9. The van der Waals surface area contributed by atoms with E-state index in [2.05, 4.69) is 13.5 Å². The molecule has 4 amide bonds. The van der Waals surface area contributed by atoms with Crippen LogP contribution in [-0.4, -0.2) is 64.9 Å². The second kappa shape index (κ2) is 16.1. The topological polar surface area (TPSA) is 118 Å². The van der Waals surface area contributed by atoms with Gasteiger partial charge in [-0.25, -0.2) is 0 Å². The van der Waals surface area contributed by atoms with E-state index in [4.69, 9.17) is 4.74 Å². The molecule has 0 spiro atoms. The number of carbonyl (C=O) groups excluding carboxylic acids is 6. The number of rotatable bonds is 20. The molecule has 5 unspecified atom stereocenters. The molecule has 0 saturated heterocycles. The smallest absolute Gasteiger partial charge is 0.305 e. The minimum absolute atomic E-state index is 0.121. The van der Waals surface area contributed by atoms with E-state index in [1.54, 1.807) is 0 Å². The number of ketones is 1. The highest BCUT2D eigenvalue weighted by molar-refractivity contribution is 6.13. The van der Waals surface area contributed by atoms with Crippen molar-refractivity contribution in [2.45, 2.75) is 96.8 Å². The third kappa shape index (κ3) is 8.63. The van der Waals surface area contributed by atoms with Gasteiger partial charge in [0.2, 0.25) is 0 Å². The molecule has 4 aliphatic rings. The van der Waals surface area contributed by atoms with Gasteiger partial charge in [-0.15, -0.1) is 0 Å². The lowest BCUT2D eigenvalue weighted by molar-refractivity contribution is -0.146. The van der Waals surface area contributed by atoms with Gasteiger partial charge in [0.1, 0.15) is 0 Å². The number of imide groups is 2. The van der Waals surface area contributed by atoms with Gasteiger partial charge in [-0.3, -0.25) is 38.6 Å². The fraction of sp³-hybridized carbons (Fsp3) is 0.657. The van der Waals surface area contributed by atoms with E-state index in [9.17, 15) is 28.8 Å². The van der Waals surface area contributed by atoms with Gasteiger partial charge in [-0.1, -0.05) is 32.8 Å².